The molecular weight excluding hydrogens is 441 g/mol. The minimum Gasteiger partial charge on any atom is -0.612 e. The molecule has 10 heteroatoms. The molecule has 2 aromatic heterocycles. The number of hydrogen-bond donors (Lipinski definition) is 1. The van der Waals surface area contributed by atoms with E-state index >= 15 is 0 Å². The summed E-state index contributed by atoms with van der Waals surface area (Å²) in [5.74, 6) is -0.104. The van der Waals surface area contributed by atoms with Crippen molar-refractivity contribution in [2.45, 2.75) is 49.7 Å². The van der Waals surface area contributed by atoms with Crippen LogP contribution in [-0.4, -0.2) is 31.5 Å². The number of alkyl halides is 3. The molecule has 1 amide bonds. The maximum absolute atomic E-state index is 12.9. The molecule has 0 aliphatic heterocycles. The normalized spacial score (nSPS) is 20.3. The molecule has 4 rings (SSSR count). The van der Waals surface area contributed by atoms with Gasteiger partial charge in [0.25, 0.3) is 5.91 Å². The first-order valence-corrected chi connectivity index (χ1v) is 11.9. The predicted octanol–water partition coefficient (Wildman–Crippen LogP) is 5.19. The molecular formula is C22H23F3N4O2S. The monoisotopic (exact) mass is 464 g/mol. The lowest BCUT2D eigenvalue weighted by atomic mass is 9.87. The van der Waals surface area contributed by atoms with Crippen LogP contribution in [-0.2, 0) is 17.4 Å². The van der Waals surface area contributed by atoms with Crippen LogP contribution in [0, 0.1) is 5.92 Å². The molecule has 1 N–H and O–H groups in total. The third kappa shape index (κ3) is 4.75. The third-order valence-corrected chi connectivity index (χ3v) is 6.77. The number of aromatic nitrogens is 3. The van der Waals surface area contributed by atoms with E-state index < -0.39 is 29.0 Å². The Balaban J connectivity index is 1.64. The Morgan fingerprint density at radius 2 is 1.94 bits per heavy atom. The van der Waals surface area contributed by atoms with Gasteiger partial charge in [-0.15, -0.1) is 0 Å². The number of fused-ring (bicyclic) bond motifs is 1. The summed E-state index contributed by atoms with van der Waals surface area (Å²) in [6.45, 7) is 2.24. The SMILES string of the molecule is C[S+]([O-])c1cc2nn([C@H]3CC[C@H](C)CC3)cc2cc1NC(=O)c1cccc(C(F)(F)F)n1. The first kappa shape index (κ1) is 22.6. The van der Waals surface area contributed by atoms with Gasteiger partial charge in [-0.1, -0.05) is 13.0 Å². The predicted molar refractivity (Wildman–Crippen MR) is 116 cm³/mol. The smallest absolute Gasteiger partial charge is 0.433 e. The van der Waals surface area contributed by atoms with Crippen LogP contribution in [0.15, 0.2) is 41.4 Å². The van der Waals surface area contributed by atoms with Crippen LogP contribution in [0.4, 0.5) is 18.9 Å². The maximum atomic E-state index is 12.9. The zero-order chi connectivity index (χ0) is 23.0. The second kappa shape index (κ2) is 8.74. The Hall–Kier alpha value is -2.59. The van der Waals surface area contributed by atoms with Gasteiger partial charge in [-0.2, -0.15) is 18.3 Å². The van der Waals surface area contributed by atoms with E-state index in [1.165, 1.54) is 12.3 Å². The van der Waals surface area contributed by atoms with Crippen LogP contribution in [0.25, 0.3) is 10.9 Å². The second-order valence-corrected chi connectivity index (χ2v) is 9.59. The molecule has 0 bridgehead atoms. The van der Waals surface area contributed by atoms with Crippen LogP contribution in [0.1, 0.15) is 54.8 Å². The highest BCUT2D eigenvalue weighted by molar-refractivity contribution is 7.90. The van der Waals surface area contributed by atoms with E-state index in [0.29, 0.717) is 22.4 Å². The van der Waals surface area contributed by atoms with Gasteiger partial charge in [0.2, 0.25) is 0 Å². The van der Waals surface area contributed by atoms with Crippen LogP contribution in [0.3, 0.4) is 0 Å². The first-order chi connectivity index (χ1) is 15.1. The molecule has 0 radical (unpaired) electrons. The number of pyridine rings is 1. The Bertz CT molecular complexity index is 1140. The Morgan fingerprint density at radius 1 is 1.22 bits per heavy atom. The number of carbonyl (C=O) groups is 1. The van der Waals surface area contributed by atoms with Gasteiger partial charge in [0.1, 0.15) is 17.6 Å². The Morgan fingerprint density at radius 3 is 2.59 bits per heavy atom. The molecule has 3 aromatic rings. The molecule has 1 fully saturated rings. The van der Waals surface area contributed by atoms with E-state index in [1.807, 2.05) is 10.9 Å². The largest absolute Gasteiger partial charge is 0.612 e. The Labute approximate surface area is 186 Å². The molecule has 6 nitrogen and oxygen atoms in total. The van der Waals surface area contributed by atoms with E-state index in [9.17, 15) is 22.5 Å². The fraction of sp³-hybridized carbons (Fsp3) is 0.409. The van der Waals surface area contributed by atoms with E-state index in [0.717, 1.165) is 43.2 Å². The van der Waals surface area contributed by atoms with Gasteiger partial charge in [0, 0.05) is 17.6 Å². The number of nitrogens with zero attached hydrogens (tertiary/aromatic N) is 3. The van der Waals surface area contributed by atoms with E-state index in [-0.39, 0.29) is 11.4 Å². The van der Waals surface area contributed by atoms with Gasteiger partial charge in [-0.05, 0) is 61.0 Å². The van der Waals surface area contributed by atoms with Crippen molar-refractivity contribution < 1.29 is 22.5 Å². The summed E-state index contributed by atoms with van der Waals surface area (Å²) in [6, 6.07) is 6.74. The molecule has 0 spiro atoms. The van der Waals surface area contributed by atoms with Crippen LogP contribution in [0.5, 0.6) is 0 Å². The van der Waals surface area contributed by atoms with Crippen LogP contribution in [0.2, 0.25) is 0 Å². The maximum Gasteiger partial charge on any atom is 0.433 e. The molecule has 0 saturated heterocycles. The van der Waals surface area contributed by atoms with Gasteiger partial charge in [0.05, 0.1) is 17.2 Å². The van der Waals surface area contributed by atoms with Crippen molar-refractivity contribution in [2.24, 2.45) is 5.92 Å². The summed E-state index contributed by atoms with van der Waals surface area (Å²) in [5.41, 5.74) is -0.605. The highest BCUT2D eigenvalue weighted by Gasteiger charge is 2.33. The standard InChI is InChI=1S/C22H23F3N4O2S/c1-13-6-8-15(9-7-13)29-12-14-10-18(19(32(2)31)11-17(14)28-29)27-21(30)16-4-3-5-20(26-16)22(23,24)25/h3-5,10-13,15H,6-9H2,1-2H3,(H,27,30)/t13-,15-,32?. The van der Waals surface area contributed by atoms with Crippen LogP contribution >= 0.6 is 0 Å². The number of carbonyl (C=O) groups excluding carboxylic acids is 1. The summed E-state index contributed by atoms with van der Waals surface area (Å²) in [7, 11) is 0. The van der Waals surface area contributed by atoms with Gasteiger partial charge < -0.3 is 9.87 Å². The van der Waals surface area contributed by atoms with Gasteiger partial charge in [-0.25, -0.2) is 4.98 Å². The molecule has 1 atom stereocenters. The summed E-state index contributed by atoms with van der Waals surface area (Å²) in [6.07, 6.45) is 3.05. The Kier molecular flexibility index (Phi) is 6.17. The molecule has 1 unspecified atom stereocenters. The number of hydrogen-bond acceptors (Lipinski definition) is 4. The average Bonchev–Trinajstić information content (AvgIpc) is 3.16. The number of benzene rings is 1. The molecule has 1 aliphatic rings. The average molecular weight is 465 g/mol. The summed E-state index contributed by atoms with van der Waals surface area (Å²) >= 11 is -1.45. The molecule has 1 aromatic carbocycles. The van der Waals surface area contributed by atoms with Gasteiger partial charge >= 0.3 is 6.18 Å². The highest BCUT2D eigenvalue weighted by atomic mass is 32.2. The molecule has 1 saturated carbocycles. The fourth-order valence-corrected chi connectivity index (χ4v) is 4.70. The van der Waals surface area contributed by atoms with Crippen molar-refractivity contribution in [3.63, 3.8) is 0 Å². The minimum absolute atomic E-state index is 0.263. The van der Waals surface area contributed by atoms with Crippen molar-refractivity contribution in [3.05, 3.63) is 47.9 Å². The van der Waals surface area contributed by atoms with Gasteiger partial charge in [-0.3, -0.25) is 9.48 Å². The van der Waals surface area contributed by atoms with Crippen LogP contribution < -0.4 is 5.32 Å². The van der Waals surface area contributed by atoms with Gasteiger partial charge in [0.15, 0.2) is 4.90 Å². The van der Waals surface area contributed by atoms with Crippen molar-refractivity contribution in [1.82, 2.24) is 14.8 Å². The lowest BCUT2D eigenvalue weighted by molar-refractivity contribution is -0.141. The van der Waals surface area contributed by atoms with E-state index in [4.69, 9.17) is 0 Å². The lowest BCUT2D eigenvalue weighted by Gasteiger charge is -2.26. The second-order valence-electron chi connectivity index (χ2n) is 8.24. The number of amides is 1. The summed E-state index contributed by atoms with van der Waals surface area (Å²) in [5, 5.41) is 7.98. The van der Waals surface area contributed by atoms with Crippen molar-refractivity contribution in [2.75, 3.05) is 11.6 Å². The quantitative estimate of drug-likeness (QED) is 0.539. The van der Waals surface area contributed by atoms with Crippen molar-refractivity contribution in [1.29, 1.82) is 0 Å². The fourth-order valence-electron chi connectivity index (χ4n) is 4.01. The molecule has 1 aliphatic carbocycles. The van der Waals surface area contributed by atoms with E-state index in [1.54, 1.807) is 12.1 Å². The number of rotatable bonds is 4. The summed E-state index contributed by atoms with van der Waals surface area (Å²) in [4.78, 5) is 16.4. The number of anilines is 1. The number of halogens is 3. The van der Waals surface area contributed by atoms with Crippen molar-refractivity contribution in [3.8, 4) is 0 Å². The lowest BCUT2D eigenvalue weighted by Crippen LogP contribution is -2.18. The molecule has 2 heterocycles. The summed E-state index contributed by atoms with van der Waals surface area (Å²) < 4.78 is 53.1. The van der Waals surface area contributed by atoms with E-state index in [2.05, 4.69) is 22.3 Å². The third-order valence-electron chi connectivity index (χ3n) is 5.81. The highest BCUT2D eigenvalue weighted by Crippen LogP contribution is 2.34. The minimum atomic E-state index is -4.66. The topological polar surface area (TPSA) is 82.9 Å². The zero-order valence-electron chi connectivity index (χ0n) is 17.6. The number of nitrogens with one attached hydrogen (secondary N) is 1. The molecule has 170 valence electrons. The van der Waals surface area contributed by atoms with Crippen molar-refractivity contribution >= 4 is 33.7 Å². The first-order valence-electron chi connectivity index (χ1n) is 10.3. The molecule has 32 heavy (non-hydrogen) atoms. The zero-order valence-corrected chi connectivity index (χ0v) is 18.5.